The summed E-state index contributed by atoms with van der Waals surface area (Å²) in [5, 5.41) is 12.2. The Morgan fingerprint density at radius 3 is 2.48 bits per heavy atom. The van der Waals surface area contributed by atoms with E-state index in [4.69, 9.17) is 4.74 Å². The largest absolute Gasteiger partial charge is 0.497 e. The quantitative estimate of drug-likeness (QED) is 0.790. The van der Waals surface area contributed by atoms with Gasteiger partial charge < -0.3 is 15.2 Å². The maximum absolute atomic E-state index is 12.3. The fraction of sp³-hybridized carbons (Fsp3) is 0.556. The Bertz CT molecular complexity index is 615. The van der Waals surface area contributed by atoms with E-state index in [1.165, 1.54) is 0 Å². The molecule has 0 unspecified atom stereocenters. The maximum atomic E-state index is 12.3. The minimum Gasteiger partial charge on any atom is -0.497 e. The second kappa shape index (κ2) is 5.87. The van der Waals surface area contributed by atoms with E-state index in [0.717, 1.165) is 37.0 Å². The lowest BCUT2D eigenvalue weighted by Crippen LogP contribution is -2.44. The zero-order valence-electron chi connectivity index (χ0n) is 13.4. The van der Waals surface area contributed by atoms with Crippen LogP contribution in [0.2, 0.25) is 0 Å². The average molecular weight is 317 g/mol. The molecule has 1 aromatic rings. The van der Waals surface area contributed by atoms with Gasteiger partial charge in [0.1, 0.15) is 11.2 Å². The lowest BCUT2D eigenvalue weighted by Gasteiger charge is -2.31. The molecule has 0 saturated heterocycles. The topological polar surface area (TPSA) is 75.6 Å². The van der Waals surface area contributed by atoms with Crippen molar-refractivity contribution in [2.24, 2.45) is 5.41 Å². The molecule has 0 bridgehead atoms. The third kappa shape index (κ3) is 2.80. The highest BCUT2D eigenvalue weighted by Crippen LogP contribution is 2.47. The van der Waals surface area contributed by atoms with Crippen molar-refractivity contribution in [1.82, 2.24) is 5.32 Å². The summed E-state index contributed by atoms with van der Waals surface area (Å²) < 4.78 is 5.32. The van der Waals surface area contributed by atoms with Gasteiger partial charge in [0, 0.05) is 12.0 Å². The summed E-state index contributed by atoms with van der Waals surface area (Å²) in [6.45, 7) is 0.494. The number of carboxylic acids is 1. The van der Waals surface area contributed by atoms with Crippen LogP contribution in [-0.4, -0.2) is 30.6 Å². The van der Waals surface area contributed by atoms with Gasteiger partial charge >= 0.3 is 5.97 Å². The summed E-state index contributed by atoms with van der Waals surface area (Å²) in [5.74, 6) is -0.527. The van der Waals surface area contributed by atoms with Crippen molar-refractivity contribution in [2.45, 2.75) is 43.9 Å². The summed E-state index contributed by atoms with van der Waals surface area (Å²) >= 11 is 0. The highest BCUT2D eigenvalue weighted by atomic mass is 16.5. The van der Waals surface area contributed by atoms with Gasteiger partial charge in [-0.25, -0.2) is 0 Å². The van der Waals surface area contributed by atoms with E-state index in [-0.39, 0.29) is 11.3 Å². The second-order valence-electron chi connectivity index (χ2n) is 6.79. The number of carbonyl (C=O) groups excluding carboxylic acids is 1. The van der Waals surface area contributed by atoms with E-state index in [9.17, 15) is 14.7 Å². The molecule has 5 nitrogen and oxygen atoms in total. The summed E-state index contributed by atoms with van der Waals surface area (Å²) in [6.07, 6.45) is 5.13. The molecule has 0 aliphatic heterocycles. The zero-order valence-corrected chi connectivity index (χ0v) is 13.4. The van der Waals surface area contributed by atoms with Crippen molar-refractivity contribution in [3.63, 3.8) is 0 Å². The fourth-order valence-corrected chi connectivity index (χ4v) is 3.65. The number of hydrogen-bond acceptors (Lipinski definition) is 3. The van der Waals surface area contributed by atoms with Gasteiger partial charge in [0.15, 0.2) is 0 Å². The van der Waals surface area contributed by atoms with Crippen LogP contribution in [-0.2, 0) is 15.0 Å². The zero-order chi connectivity index (χ0) is 16.5. The second-order valence-corrected chi connectivity index (χ2v) is 6.79. The van der Waals surface area contributed by atoms with Crippen molar-refractivity contribution in [1.29, 1.82) is 0 Å². The number of hydrogen-bond donors (Lipinski definition) is 2. The van der Waals surface area contributed by atoms with Crippen molar-refractivity contribution in [3.05, 3.63) is 29.8 Å². The van der Waals surface area contributed by atoms with Gasteiger partial charge in [0.25, 0.3) is 0 Å². The highest BCUT2D eigenvalue weighted by molar-refractivity contribution is 6.04. The van der Waals surface area contributed by atoms with E-state index >= 15 is 0 Å². The molecule has 124 valence electrons. The molecule has 0 aromatic heterocycles. The molecule has 2 aliphatic rings. The summed E-state index contributed by atoms with van der Waals surface area (Å²) in [7, 11) is 1.64. The van der Waals surface area contributed by atoms with Crippen LogP contribution in [0.25, 0.3) is 0 Å². The Balaban J connectivity index is 1.76. The molecule has 3 rings (SSSR count). The van der Waals surface area contributed by atoms with Crippen LogP contribution in [0.1, 0.15) is 44.1 Å². The van der Waals surface area contributed by atoms with Crippen LogP contribution in [0.3, 0.4) is 0 Å². The third-order valence-electron chi connectivity index (χ3n) is 5.42. The molecule has 2 aliphatic carbocycles. The van der Waals surface area contributed by atoms with Gasteiger partial charge in [-0.05, 0) is 43.4 Å². The highest BCUT2D eigenvalue weighted by Gasteiger charge is 2.57. The lowest BCUT2D eigenvalue weighted by molar-refractivity contribution is -0.149. The van der Waals surface area contributed by atoms with Crippen LogP contribution in [0.15, 0.2) is 24.3 Å². The van der Waals surface area contributed by atoms with Gasteiger partial charge in [-0.15, -0.1) is 0 Å². The minimum absolute atomic E-state index is 0.112. The van der Waals surface area contributed by atoms with E-state index in [2.05, 4.69) is 11.4 Å². The van der Waals surface area contributed by atoms with E-state index in [1.807, 2.05) is 18.2 Å². The predicted molar refractivity (Wildman–Crippen MR) is 85.5 cm³/mol. The van der Waals surface area contributed by atoms with E-state index in [1.54, 1.807) is 7.11 Å². The van der Waals surface area contributed by atoms with Gasteiger partial charge in [-0.2, -0.15) is 0 Å². The molecule has 1 aromatic carbocycles. The fourth-order valence-electron chi connectivity index (χ4n) is 3.65. The van der Waals surface area contributed by atoms with E-state index in [0.29, 0.717) is 19.4 Å². The molecule has 5 heteroatoms. The number of methoxy groups -OCH3 is 1. The maximum Gasteiger partial charge on any atom is 0.319 e. The van der Waals surface area contributed by atoms with Crippen molar-refractivity contribution < 1.29 is 19.4 Å². The van der Waals surface area contributed by atoms with Gasteiger partial charge in [-0.3, -0.25) is 9.59 Å². The molecular formula is C18H23NO4. The van der Waals surface area contributed by atoms with Crippen LogP contribution in [0, 0.1) is 5.41 Å². The Morgan fingerprint density at radius 2 is 1.91 bits per heavy atom. The standard InChI is InChI=1S/C18H23NO4/c1-23-14-6-4-5-13(11-14)17(7-2-3-8-17)12-19-15(20)18(9-10-18)16(21)22/h4-6,11H,2-3,7-10,12H2,1H3,(H,19,20)(H,21,22). The number of carboxylic acid groups (broad SMARTS) is 1. The van der Waals surface area contributed by atoms with Gasteiger partial charge in [-0.1, -0.05) is 25.0 Å². The third-order valence-corrected chi connectivity index (χ3v) is 5.42. The molecule has 23 heavy (non-hydrogen) atoms. The Morgan fingerprint density at radius 1 is 1.22 bits per heavy atom. The van der Waals surface area contributed by atoms with Crippen LogP contribution in [0.5, 0.6) is 5.75 Å². The minimum atomic E-state index is -1.17. The van der Waals surface area contributed by atoms with E-state index < -0.39 is 11.4 Å². The number of aliphatic carboxylic acids is 1. The molecule has 2 saturated carbocycles. The number of carbonyl (C=O) groups is 2. The molecule has 2 fully saturated rings. The number of ether oxygens (including phenoxy) is 1. The summed E-state index contributed by atoms with van der Waals surface area (Å²) in [5.41, 5.74) is -0.123. The van der Waals surface area contributed by atoms with Crippen molar-refractivity contribution in [2.75, 3.05) is 13.7 Å². The van der Waals surface area contributed by atoms with Crippen LogP contribution < -0.4 is 10.1 Å². The van der Waals surface area contributed by atoms with Crippen LogP contribution >= 0.6 is 0 Å². The molecular weight excluding hydrogens is 294 g/mol. The average Bonchev–Trinajstić information content (AvgIpc) is 3.25. The smallest absolute Gasteiger partial charge is 0.319 e. The molecule has 0 radical (unpaired) electrons. The van der Waals surface area contributed by atoms with Crippen molar-refractivity contribution in [3.8, 4) is 5.75 Å². The van der Waals surface area contributed by atoms with Crippen LogP contribution in [0.4, 0.5) is 0 Å². The number of benzene rings is 1. The first-order valence-corrected chi connectivity index (χ1v) is 8.19. The molecule has 2 N–H and O–H groups in total. The summed E-state index contributed by atoms with van der Waals surface area (Å²) in [4.78, 5) is 23.6. The first-order chi connectivity index (χ1) is 11.0. The molecule has 0 spiro atoms. The Hall–Kier alpha value is -2.04. The predicted octanol–water partition coefficient (Wildman–Crippen LogP) is 2.49. The normalized spacial score (nSPS) is 20.7. The first-order valence-electron chi connectivity index (χ1n) is 8.19. The number of amides is 1. The monoisotopic (exact) mass is 317 g/mol. The lowest BCUT2D eigenvalue weighted by atomic mass is 9.78. The molecule has 0 atom stereocenters. The molecule has 0 heterocycles. The van der Waals surface area contributed by atoms with Crippen molar-refractivity contribution >= 4 is 11.9 Å². The first kappa shape index (κ1) is 15.8. The van der Waals surface area contributed by atoms with Gasteiger partial charge in [0.05, 0.1) is 7.11 Å². The molecule has 1 amide bonds. The number of rotatable bonds is 6. The number of nitrogens with one attached hydrogen (secondary N) is 1. The Kier molecular flexibility index (Phi) is 4.04. The van der Waals surface area contributed by atoms with Gasteiger partial charge in [0.2, 0.25) is 5.91 Å². The summed E-state index contributed by atoms with van der Waals surface area (Å²) in [6, 6.07) is 7.98. The SMILES string of the molecule is COc1cccc(C2(CNC(=O)C3(C(=O)O)CC3)CCCC2)c1. The Labute approximate surface area is 136 Å².